The van der Waals surface area contributed by atoms with Crippen molar-refractivity contribution >= 4 is 56.7 Å². The molecule has 3 aromatic rings. The van der Waals surface area contributed by atoms with Gasteiger partial charge in [-0.25, -0.2) is 0 Å². The normalized spacial score (nSPS) is 11.2. The minimum absolute atomic E-state index is 0.506. The number of nitrogens with one attached hydrogen (secondary N) is 2. The van der Waals surface area contributed by atoms with Gasteiger partial charge in [-0.05, 0) is 29.9 Å². The molecule has 0 saturated heterocycles. The second-order valence-corrected chi connectivity index (χ2v) is 5.83. The summed E-state index contributed by atoms with van der Waals surface area (Å²) in [6.45, 7) is 2.74. The first-order valence-electron chi connectivity index (χ1n) is 7.38. The molecule has 0 fully saturated rings. The molecule has 0 aromatic heterocycles. The van der Waals surface area contributed by atoms with Crippen molar-refractivity contribution in [2.24, 2.45) is 5.10 Å². The van der Waals surface area contributed by atoms with E-state index in [1.807, 2.05) is 43.3 Å². The molecule has 3 rings (SSSR count). The van der Waals surface area contributed by atoms with E-state index in [1.54, 1.807) is 6.21 Å². The van der Waals surface area contributed by atoms with E-state index < -0.39 is 0 Å². The van der Waals surface area contributed by atoms with E-state index in [1.165, 1.54) is 0 Å². The molecule has 0 aliphatic rings. The van der Waals surface area contributed by atoms with Gasteiger partial charge in [0.05, 0.1) is 11.2 Å². The molecule has 23 heavy (non-hydrogen) atoms. The summed E-state index contributed by atoms with van der Waals surface area (Å²) in [6.07, 6.45) is 1.80. The van der Waals surface area contributed by atoms with Gasteiger partial charge in [0.25, 0.3) is 0 Å². The number of thiocarbonyl (C=S) groups is 1. The van der Waals surface area contributed by atoms with Crippen LogP contribution in [0.4, 0.5) is 0 Å². The van der Waals surface area contributed by atoms with Gasteiger partial charge in [0.1, 0.15) is 0 Å². The van der Waals surface area contributed by atoms with E-state index in [-0.39, 0.29) is 0 Å². The lowest BCUT2D eigenvalue weighted by Gasteiger charge is -2.10. The molecule has 0 spiro atoms. The summed E-state index contributed by atoms with van der Waals surface area (Å²) in [6, 6.07) is 16.1. The van der Waals surface area contributed by atoms with E-state index in [0.717, 1.165) is 38.7 Å². The monoisotopic (exact) mass is 341 g/mol. The predicted molar refractivity (Wildman–Crippen MR) is 103 cm³/mol. The fourth-order valence-corrected chi connectivity index (χ4v) is 3.13. The first-order valence-corrected chi connectivity index (χ1v) is 8.17. The second-order valence-electron chi connectivity index (χ2n) is 5.05. The lowest BCUT2D eigenvalue weighted by Crippen LogP contribution is -2.31. The Kier molecular flexibility index (Phi) is 4.74. The number of hydrogen-bond donors (Lipinski definition) is 2. The van der Waals surface area contributed by atoms with Gasteiger partial charge in [0, 0.05) is 22.9 Å². The minimum Gasteiger partial charge on any atom is -0.362 e. The van der Waals surface area contributed by atoms with Crippen LogP contribution in [0.2, 0.25) is 5.02 Å². The van der Waals surface area contributed by atoms with Gasteiger partial charge in [-0.1, -0.05) is 60.1 Å². The van der Waals surface area contributed by atoms with E-state index in [9.17, 15) is 0 Å². The van der Waals surface area contributed by atoms with Gasteiger partial charge in [-0.15, -0.1) is 0 Å². The Bertz CT molecular complexity index is 848. The third-order valence-electron chi connectivity index (χ3n) is 3.60. The Morgan fingerprint density at radius 1 is 1.04 bits per heavy atom. The van der Waals surface area contributed by atoms with Crippen LogP contribution in [0, 0.1) is 0 Å². The third kappa shape index (κ3) is 3.14. The smallest absolute Gasteiger partial charge is 0.186 e. The lowest BCUT2D eigenvalue weighted by atomic mass is 9.97. The molecule has 0 unspecified atom stereocenters. The van der Waals surface area contributed by atoms with Gasteiger partial charge in [-0.2, -0.15) is 5.10 Å². The lowest BCUT2D eigenvalue weighted by molar-refractivity contribution is 0.904. The topological polar surface area (TPSA) is 36.4 Å². The number of fused-ring (bicyclic) bond motifs is 2. The number of halogens is 1. The maximum Gasteiger partial charge on any atom is 0.186 e. The largest absolute Gasteiger partial charge is 0.362 e. The van der Waals surface area contributed by atoms with E-state index in [0.29, 0.717) is 5.11 Å². The number of rotatable bonds is 3. The fourth-order valence-electron chi connectivity index (χ4n) is 2.60. The van der Waals surface area contributed by atoms with Crippen LogP contribution in [0.5, 0.6) is 0 Å². The van der Waals surface area contributed by atoms with Crippen molar-refractivity contribution in [2.75, 3.05) is 6.54 Å². The predicted octanol–water partition coefficient (Wildman–Crippen LogP) is 4.46. The summed E-state index contributed by atoms with van der Waals surface area (Å²) in [4.78, 5) is 0. The molecule has 2 N–H and O–H groups in total. The van der Waals surface area contributed by atoms with Gasteiger partial charge < -0.3 is 5.32 Å². The Labute approximate surface area is 145 Å². The molecule has 0 atom stereocenters. The Morgan fingerprint density at radius 3 is 2.09 bits per heavy atom. The van der Waals surface area contributed by atoms with Crippen LogP contribution in [-0.4, -0.2) is 17.9 Å². The molecule has 5 heteroatoms. The Morgan fingerprint density at radius 2 is 1.57 bits per heavy atom. The van der Waals surface area contributed by atoms with Crippen LogP contribution in [0.1, 0.15) is 12.5 Å². The molecule has 3 nitrogen and oxygen atoms in total. The first-order chi connectivity index (χ1) is 11.2. The molecule has 3 aromatic carbocycles. The number of benzene rings is 3. The van der Waals surface area contributed by atoms with E-state index >= 15 is 0 Å². The van der Waals surface area contributed by atoms with Crippen molar-refractivity contribution in [3.63, 3.8) is 0 Å². The molecule has 0 aliphatic heterocycles. The molecule has 0 aliphatic carbocycles. The fraction of sp³-hybridized carbons (Fsp3) is 0.111. The SMILES string of the molecule is CCNC(=S)NN=Cc1c2ccccc2c(Cl)c2ccccc12. The zero-order valence-electron chi connectivity index (χ0n) is 12.6. The van der Waals surface area contributed by atoms with Gasteiger partial charge in [0.2, 0.25) is 0 Å². The Hall–Kier alpha value is -2.17. The summed E-state index contributed by atoms with van der Waals surface area (Å²) < 4.78 is 0. The molecule has 116 valence electrons. The van der Waals surface area contributed by atoms with Crippen molar-refractivity contribution in [1.29, 1.82) is 0 Å². The maximum atomic E-state index is 6.58. The summed E-state index contributed by atoms with van der Waals surface area (Å²) >= 11 is 11.7. The van der Waals surface area contributed by atoms with Crippen LogP contribution in [0.25, 0.3) is 21.5 Å². The average Bonchev–Trinajstić information content (AvgIpc) is 2.58. The van der Waals surface area contributed by atoms with Crippen molar-refractivity contribution in [2.45, 2.75) is 6.92 Å². The highest BCUT2D eigenvalue weighted by Crippen LogP contribution is 2.35. The van der Waals surface area contributed by atoms with Crippen molar-refractivity contribution in [3.05, 3.63) is 59.1 Å². The van der Waals surface area contributed by atoms with Crippen LogP contribution in [0.15, 0.2) is 53.6 Å². The van der Waals surface area contributed by atoms with Crippen molar-refractivity contribution < 1.29 is 0 Å². The van der Waals surface area contributed by atoms with E-state index in [2.05, 4.69) is 28.0 Å². The van der Waals surface area contributed by atoms with Gasteiger partial charge >= 0.3 is 0 Å². The summed E-state index contributed by atoms with van der Waals surface area (Å²) in [7, 11) is 0. The molecule has 0 heterocycles. The highest BCUT2D eigenvalue weighted by molar-refractivity contribution is 7.80. The molecular weight excluding hydrogens is 326 g/mol. The van der Waals surface area contributed by atoms with Gasteiger partial charge in [-0.3, -0.25) is 5.43 Å². The minimum atomic E-state index is 0.506. The van der Waals surface area contributed by atoms with Crippen LogP contribution >= 0.6 is 23.8 Å². The van der Waals surface area contributed by atoms with Crippen LogP contribution in [-0.2, 0) is 0 Å². The third-order valence-corrected chi connectivity index (χ3v) is 4.25. The van der Waals surface area contributed by atoms with Gasteiger partial charge in [0.15, 0.2) is 5.11 Å². The number of hydrogen-bond acceptors (Lipinski definition) is 2. The quantitative estimate of drug-likeness (QED) is 0.319. The first kappa shape index (κ1) is 15.7. The molecule has 0 amide bonds. The standard InChI is InChI=1S/C18H16ClN3S/c1-2-20-18(23)22-21-11-16-12-7-3-5-9-14(12)17(19)15-10-6-4-8-13(15)16/h3-11H,2H2,1H3,(H2,20,22,23). The summed E-state index contributed by atoms with van der Waals surface area (Å²) in [5.74, 6) is 0. The number of hydrazone groups is 1. The summed E-state index contributed by atoms with van der Waals surface area (Å²) in [5.41, 5.74) is 3.85. The summed E-state index contributed by atoms with van der Waals surface area (Å²) in [5, 5.41) is 12.7. The Balaban J connectivity index is 2.15. The zero-order valence-corrected chi connectivity index (χ0v) is 14.2. The van der Waals surface area contributed by atoms with Crippen LogP contribution < -0.4 is 10.7 Å². The molecular formula is C18H16ClN3S. The molecule has 0 radical (unpaired) electrons. The van der Waals surface area contributed by atoms with Crippen molar-refractivity contribution in [3.8, 4) is 0 Å². The van der Waals surface area contributed by atoms with Crippen molar-refractivity contribution in [1.82, 2.24) is 10.7 Å². The highest BCUT2D eigenvalue weighted by Gasteiger charge is 2.10. The highest BCUT2D eigenvalue weighted by atomic mass is 35.5. The molecule has 0 saturated carbocycles. The molecule has 0 bridgehead atoms. The van der Waals surface area contributed by atoms with E-state index in [4.69, 9.17) is 23.8 Å². The zero-order chi connectivity index (χ0) is 16.2. The second kappa shape index (κ2) is 6.94. The number of nitrogens with zero attached hydrogens (tertiary/aromatic N) is 1. The van der Waals surface area contributed by atoms with Crippen LogP contribution in [0.3, 0.4) is 0 Å². The average molecular weight is 342 g/mol. The maximum absolute atomic E-state index is 6.58.